The Kier molecular flexibility index (Phi) is 4.73. The first-order chi connectivity index (χ1) is 10.1. The molecule has 0 amide bonds. The van der Waals surface area contributed by atoms with Crippen molar-refractivity contribution < 1.29 is 4.74 Å². The molecule has 2 aromatic rings. The second-order valence-electron chi connectivity index (χ2n) is 5.32. The van der Waals surface area contributed by atoms with Crippen LogP contribution < -0.4 is 0 Å². The van der Waals surface area contributed by atoms with E-state index in [9.17, 15) is 0 Å². The van der Waals surface area contributed by atoms with Crippen molar-refractivity contribution in [2.75, 3.05) is 7.05 Å². The number of nitrogens with zero attached hydrogens (tertiary/aromatic N) is 4. The van der Waals surface area contributed by atoms with Gasteiger partial charge in [-0.05, 0) is 32.4 Å². The lowest BCUT2D eigenvalue weighted by Crippen LogP contribution is -2.46. The van der Waals surface area contributed by atoms with Crippen molar-refractivity contribution in [2.45, 2.75) is 52.4 Å². The molecule has 0 bridgehead atoms. The van der Waals surface area contributed by atoms with Crippen LogP contribution in [-0.2, 0) is 10.5 Å². The molecule has 2 rings (SSSR count). The topological polar surface area (TPSA) is 52.3 Å². The van der Waals surface area contributed by atoms with Gasteiger partial charge in [-0.2, -0.15) is 0 Å². The molecule has 1 atom stereocenters. The van der Waals surface area contributed by atoms with Gasteiger partial charge in [0.25, 0.3) is 0 Å². The molecule has 0 N–H and O–H groups in total. The Morgan fingerprint density at radius 3 is 2.62 bits per heavy atom. The first-order valence-corrected chi connectivity index (χ1v) is 7.53. The Morgan fingerprint density at radius 1 is 1.33 bits per heavy atom. The van der Waals surface area contributed by atoms with Gasteiger partial charge < -0.3 is 4.74 Å². The number of ether oxygens (including phenoxy) is 1. The molecule has 1 aromatic heterocycles. The second kappa shape index (κ2) is 6.35. The SMILES string of the molecule is CC/C(=N/C)C(CC)(OC(C)C)n1nnc2ccccc21. The molecular weight excluding hydrogens is 264 g/mol. The number of aromatic nitrogens is 3. The molecule has 0 aliphatic rings. The number of benzene rings is 1. The number of rotatable bonds is 6. The van der Waals surface area contributed by atoms with Crippen molar-refractivity contribution in [1.29, 1.82) is 0 Å². The maximum absolute atomic E-state index is 6.31. The summed E-state index contributed by atoms with van der Waals surface area (Å²) in [4.78, 5) is 4.47. The number of hydrogen-bond acceptors (Lipinski definition) is 4. The van der Waals surface area contributed by atoms with Crippen LogP contribution in [0.2, 0.25) is 0 Å². The Labute approximate surface area is 126 Å². The molecule has 114 valence electrons. The lowest BCUT2D eigenvalue weighted by Gasteiger charge is -2.36. The van der Waals surface area contributed by atoms with Crippen molar-refractivity contribution in [3.8, 4) is 0 Å². The van der Waals surface area contributed by atoms with Crippen LogP contribution in [0.15, 0.2) is 29.3 Å². The zero-order chi connectivity index (χ0) is 15.5. The summed E-state index contributed by atoms with van der Waals surface area (Å²) in [6.07, 6.45) is 1.63. The van der Waals surface area contributed by atoms with E-state index in [2.05, 4.69) is 29.2 Å². The van der Waals surface area contributed by atoms with Gasteiger partial charge in [0, 0.05) is 13.5 Å². The van der Waals surface area contributed by atoms with Crippen LogP contribution in [0.25, 0.3) is 11.0 Å². The first-order valence-electron chi connectivity index (χ1n) is 7.53. The summed E-state index contributed by atoms with van der Waals surface area (Å²) in [5.74, 6) is 0. The van der Waals surface area contributed by atoms with E-state index in [1.165, 1.54) is 0 Å². The molecule has 0 radical (unpaired) electrons. The van der Waals surface area contributed by atoms with Gasteiger partial charge in [0.2, 0.25) is 5.72 Å². The highest BCUT2D eigenvalue weighted by atomic mass is 16.5. The third-order valence-corrected chi connectivity index (χ3v) is 3.66. The van der Waals surface area contributed by atoms with Gasteiger partial charge in [0.15, 0.2) is 0 Å². The van der Waals surface area contributed by atoms with Crippen LogP contribution in [0.5, 0.6) is 0 Å². The smallest absolute Gasteiger partial charge is 0.201 e. The van der Waals surface area contributed by atoms with Crippen molar-refractivity contribution in [2.24, 2.45) is 4.99 Å². The molecule has 0 saturated carbocycles. The number of aliphatic imine (C=N–C) groups is 1. The van der Waals surface area contributed by atoms with E-state index in [1.54, 1.807) is 0 Å². The molecule has 0 spiro atoms. The highest BCUT2D eigenvalue weighted by Crippen LogP contribution is 2.30. The Morgan fingerprint density at radius 2 is 2.05 bits per heavy atom. The fraction of sp³-hybridized carbons (Fsp3) is 0.562. The molecule has 1 unspecified atom stereocenters. The fourth-order valence-electron chi connectivity index (χ4n) is 2.81. The average Bonchev–Trinajstić information content (AvgIpc) is 2.91. The quantitative estimate of drug-likeness (QED) is 0.765. The number of fused-ring (bicyclic) bond motifs is 1. The van der Waals surface area contributed by atoms with Gasteiger partial charge in [-0.15, -0.1) is 5.10 Å². The van der Waals surface area contributed by atoms with E-state index < -0.39 is 5.72 Å². The largest absolute Gasteiger partial charge is 0.346 e. The highest BCUT2D eigenvalue weighted by Gasteiger charge is 2.39. The minimum absolute atomic E-state index is 0.0659. The molecule has 1 heterocycles. The normalized spacial score (nSPS) is 15.6. The Bertz CT molecular complexity index is 632. The van der Waals surface area contributed by atoms with Gasteiger partial charge in [-0.25, -0.2) is 4.68 Å². The first kappa shape index (κ1) is 15.6. The van der Waals surface area contributed by atoms with Gasteiger partial charge in [-0.3, -0.25) is 4.99 Å². The maximum atomic E-state index is 6.31. The van der Waals surface area contributed by atoms with Crippen LogP contribution in [0, 0.1) is 0 Å². The summed E-state index contributed by atoms with van der Waals surface area (Å²) < 4.78 is 8.20. The molecular formula is C16H24N4O. The zero-order valence-electron chi connectivity index (χ0n) is 13.5. The molecule has 0 aliphatic heterocycles. The highest BCUT2D eigenvalue weighted by molar-refractivity contribution is 5.91. The van der Waals surface area contributed by atoms with Crippen LogP contribution in [0.4, 0.5) is 0 Å². The summed E-state index contributed by atoms with van der Waals surface area (Å²) in [7, 11) is 1.81. The van der Waals surface area contributed by atoms with E-state index >= 15 is 0 Å². The molecule has 1 aromatic carbocycles. The van der Waals surface area contributed by atoms with E-state index in [-0.39, 0.29) is 6.10 Å². The molecule has 5 heteroatoms. The number of para-hydroxylation sites is 1. The van der Waals surface area contributed by atoms with Crippen LogP contribution in [0.1, 0.15) is 40.5 Å². The van der Waals surface area contributed by atoms with Crippen LogP contribution in [-0.4, -0.2) is 33.9 Å². The van der Waals surface area contributed by atoms with Gasteiger partial charge in [0.05, 0.1) is 17.3 Å². The van der Waals surface area contributed by atoms with Crippen LogP contribution >= 0.6 is 0 Å². The summed E-state index contributed by atoms with van der Waals surface area (Å²) in [6, 6.07) is 7.94. The zero-order valence-corrected chi connectivity index (χ0v) is 13.5. The van der Waals surface area contributed by atoms with Crippen molar-refractivity contribution in [3.05, 3.63) is 24.3 Å². The summed E-state index contributed by atoms with van der Waals surface area (Å²) in [6.45, 7) is 8.26. The summed E-state index contributed by atoms with van der Waals surface area (Å²) in [5, 5.41) is 8.64. The predicted octanol–water partition coefficient (Wildman–Crippen LogP) is 3.40. The molecule has 0 fully saturated rings. The predicted molar refractivity (Wildman–Crippen MR) is 85.7 cm³/mol. The van der Waals surface area contributed by atoms with E-state index in [1.807, 2.05) is 49.8 Å². The molecule has 0 saturated heterocycles. The Hall–Kier alpha value is -1.75. The van der Waals surface area contributed by atoms with E-state index in [4.69, 9.17) is 4.74 Å². The molecule has 21 heavy (non-hydrogen) atoms. The lowest BCUT2D eigenvalue weighted by atomic mass is 10.0. The molecule has 5 nitrogen and oxygen atoms in total. The third kappa shape index (κ3) is 2.70. The fourth-order valence-corrected chi connectivity index (χ4v) is 2.81. The minimum atomic E-state index is -0.673. The summed E-state index contributed by atoms with van der Waals surface area (Å²) in [5.41, 5.74) is 2.14. The van der Waals surface area contributed by atoms with Gasteiger partial charge >= 0.3 is 0 Å². The third-order valence-electron chi connectivity index (χ3n) is 3.66. The maximum Gasteiger partial charge on any atom is 0.201 e. The molecule has 0 aliphatic carbocycles. The van der Waals surface area contributed by atoms with Crippen molar-refractivity contribution in [3.63, 3.8) is 0 Å². The monoisotopic (exact) mass is 288 g/mol. The van der Waals surface area contributed by atoms with Crippen molar-refractivity contribution in [1.82, 2.24) is 15.0 Å². The summed E-state index contributed by atoms with van der Waals surface area (Å²) >= 11 is 0. The average molecular weight is 288 g/mol. The minimum Gasteiger partial charge on any atom is -0.346 e. The number of hydrogen-bond donors (Lipinski definition) is 0. The van der Waals surface area contributed by atoms with E-state index in [0.29, 0.717) is 0 Å². The van der Waals surface area contributed by atoms with Gasteiger partial charge in [-0.1, -0.05) is 31.2 Å². The van der Waals surface area contributed by atoms with Crippen LogP contribution in [0.3, 0.4) is 0 Å². The lowest BCUT2D eigenvalue weighted by molar-refractivity contribution is -0.0943. The van der Waals surface area contributed by atoms with E-state index in [0.717, 1.165) is 29.6 Å². The second-order valence-corrected chi connectivity index (χ2v) is 5.32. The van der Waals surface area contributed by atoms with Crippen molar-refractivity contribution >= 4 is 16.7 Å². The Balaban J connectivity index is 2.68. The standard InChI is InChI=1S/C16H24N4O/c1-6-15(17-5)16(7-2,21-12(3)4)20-14-11-9-8-10-13(14)18-19-20/h8-12H,6-7H2,1-5H3/b17-15-. The van der Waals surface area contributed by atoms with Gasteiger partial charge in [0.1, 0.15) is 5.52 Å².